The third-order valence-corrected chi connectivity index (χ3v) is 7.38. The molecule has 0 bridgehead atoms. The number of nitrogen functional groups attached to an aromatic ring is 1. The van der Waals surface area contributed by atoms with Gasteiger partial charge in [-0.2, -0.15) is 5.10 Å². The van der Waals surface area contributed by atoms with Crippen LogP contribution >= 0.6 is 0 Å². The fourth-order valence-corrected chi connectivity index (χ4v) is 5.43. The highest BCUT2D eigenvalue weighted by molar-refractivity contribution is 5.90. The summed E-state index contributed by atoms with van der Waals surface area (Å²) in [6.45, 7) is 9.89. The Kier molecular flexibility index (Phi) is 6.58. The van der Waals surface area contributed by atoms with Gasteiger partial charge in [0.25, 0.3) is 0 Å². The van der Waals surface area contributed by atoms with Crippen LogP contribution in [-0.2, 0) is 4.74 Å². The molecule has 1 aromatic carbocycles. The molecule has 5 N–H and O–H groups in total. The topological polar surface area (TPSA) is 101 Å². The van der Waals surface area contributed by atoms with Crippen LogP contribution in [0.25, 0.3) is 22.9 Å². The first-order valence-corrected chi connectivity index (χ1v) is 12.5. The lowest BCUT2D eigenvalue weighted by Crippen LogP contribution is -2.37. The molecule has 0 spiro atoms. The summed E-state index contributed by atoms with van der Waals surface area (Å²) in [6, 6.07) is 4.78. The molecule has 2 saturated heterocycles. The van der Waals surface area contributed by atoms with E-state index in [1.807, 2.05) is 18.5 Å². The summed E-state index contributed by atoms with van der Waals surface area (Å²) >= 11 is 0. The summed E-state index contributed by atoms with van der Waals surface area (Å²) < 4.78 is 7.64. The van der Waals surface area contributed by atoms with E-state index < -0.39 is 0 Å². The van der Waals surface area contributed by atoms with Gasteiger partial charge >= 0.3 is 0 Å². The van der Waals surface area contributed by atoms with Gasteiger partial charge in [-0.3, -0.25) is 4.68 Å². The highest BCUT2D eigenvalue weighted by Gasteiger charge is 2.21. The first kappa shape index (κ1) is 23.5. The number of rotatable bonds is 5. The van der Waals surface area contributed by atoms with E-state index >= 15 is 0 Å². The van der Waals surface area contributed by atoms with Crippen molar-refractivity contribution in [3.8, 4) is 11.1 Å². The molecule has 0 atom stereocenters. The summed E-state index contributed by atoms with van der Waals surface area (Å²) in [5, 5.41) is 4.68. The Balaban J connectivity index is 1.42. The SMILES string of the molecule is Cc1cc(/C(N)=C/c2c(-c3cnn(C4CCN(C)CC4)c3)c[nH]c2N)cc(C)c1N1CCOCC1. The molecule has 186 valence electrons. The third kappa shape index (κ3) is 4.81. The molecule has 4 heterocycles. The van der Waals surface area contributed by atoms with E-state index in [4.69, 9.17) is 16.2 Å². The molecule has 2 aliphatic heterocycles. The van der Waals surface area contributed by atoms with Gasteiger partial charge in [-0.25, -0.2) is 0 Å². The number of aromatic nitrogens is 3. The molecular formula is C27H37N7O. The number of benzene rings is 1. The Labute approximate surface area is 207 Å². The van der Waals surface area contributed by atoms with Crippen molar-refractivity contribution in [2.24, 2.45) is 5.73 Å². The molecule has 35 heavy (non-hydrogen) atoms. The van der Waals surface area contributed by atoms with Crippen LogP contribution in [0.2, 0.25) is 0 Å². The van der Waals surface area contributed by atoms with E-state index in [9.17, 15) is 0 Å². The minimum absolute atomic E-state index is 0.441. The lowest BCUT2D eigenvalue weighted by molar-refractivity contribution is 0.122. The smallest absolute Gasteiger partial charge is 0.108 e. The molecule has 0 radical (unpaired) electrons. The minimum atomic E-state index is 0.441. The quantitative estimate of drug-likeness (QED) is 0.521. The maximum Gasteiger partial charge on any atom is 0.108 e. The number of likely N-dealkylation sites (tertiary alicyclic amines) is 1. The van der Waals surface area contributed by atoms with Gasteiger partial charge in [0.05, 0.1) is 25.5 Å². The van der Waals surface area contributed by atoms with E-state index in [-0.39, 0.29) is 0 Å². The van der Waals surface area contributed by atoms with E-state index in [0.29, 0.717) is 17.6 Å². The van der Waals surface area contributed by atoms with E-state index in [1.165, 1.54) is 16.8 Å². The van der Waals surface area contributed by atoms with Crippen LogP contribution in [0, 0.1) is 13.8 Å². The van der Waals surface area contributed by atoms with Gasteiger partial charge in [0, 0.05) is 53.6 Å². The summed E-state index contributed by atoms with van der Waals surface area (Å²) in [7, 11) is 2.18. The Morgan fingerprint density at radius 2 is 1.80 bits per heavy atom. The number of nitrogens with zero attached hydrogens (tertiary/aromatic N) is 4. The second-order valence-electron chi connectivity index (χ2n) is 9.93. The number of hydrogen-bond donors (Lipinski definition) is 3. The van der Waals surface area contributed by atoms with E-state index in [2.05, 4.69) is 63.8 Å². The fraction of sp³-hybridized carbons (Fsp3) is 0.444. The minimum Gasteiger partial charge on any atom is -0.398 e. The highest BCUT2D eigenvalue weighted by atomic mass is 16.5. The van der Waals surface area contributed by atoms with Gasteiger partial charge in [0.15, 0.2) is 0 Å². The predicted octanol–water partition coefficient (Wildman–Crippen LogP) is 3.64. The summed E-state index contributed by atoms with van der Waals surface area (Å²) in [4.78, 5) is 7.95. The van der Waals surface area contributed by atoms with E-state index in [0.717, 1.165) is 74.5 Å². The Morgan fingerprint density at radius 3 is 2.49 bits per heavy atom. The number of nitrogens with two attached hydrogens (primary N) is 2. The Bertz CT molecular complexity index is 1190. The molecule has 0 unspecified atom stereocenters. The van der Waals surface area contributed by atoms with Crippen molar-refractivity contribution in [2.75, 3.05) is 57.1 Å². The zero-order valence-electron chi connectivity index (χ0n) is 21.1. The standard InChI is InChI=1S/C27H37N7O/c1-18-12-20(13-19(2)26(18)33-8-10-35-11-9-33)25(28)14-23-24(16-30-27(23)29)21-15-31-34(17-21)22-4-6-32(3)7-5-22/h12-17,22,30H,4-11,28-29H2,1-3H3/b25-14-. The number of ether oxygens (including phenoxy) is 1. The second kappa shape index (κ2) is 9.79. The summed E-state index contributed by atoms with van der Waals surface area (Å²) in [6.07, 6.45) is 10.2. The predicted molar refractivity (Wildman–Crippen MR) is 143 cm³/mol. The van der Waals surface area contributed by atoms with Gasteiger partial charge in [0.1, 0.15) is 5.82 Å². The van der Waals surface area contributed by atoms with Gasteiger partial charge in [0.2, 0.25) is 0 Å². The van der Waals surface area contributed by atoms with Crippen LogP contribution in [0.15, 0.2) is 30.7 Å². The monoisotopic (exact) mass is 475 g/mol. The first-order valence-electron chi connectivity index (χ1n) is 12.5. The van der Waals surface area contributed by atoms with Crippen LogP contribution in [0.3, 0.4) is 0 Å². The van der Waals surface area contributed by atoms with Crippen molar-refractivity contribution in [3.63, 3.8) is 0 Å². The fourth-order valence-electron chi connectivity index (χ4n) is 5.43. The van der Waals surface area contributed by atoms with Gasteiger partial charge < -0.3 is 31.0 Å². The van der Waals surface area contributed by atoms with Crippen molar-refractivity contribution in [1.82, 2.24) is 19.7 Å². The zero-order valence-corrected chi connectivity index (χ0v) is 21.1. The molecule has 2 fully saturated rings. The molecule has 2 aromatic heterocycles. The number of nitrogens with one attached hydrogen (secondary N) is 1. The number of hydrogen-bond acceptors (Lipinski definition) is 6. The lowest BCUT2D eigenvalue weighted by atomic mass is 9.99. The molecule has 0 saturated carbocycles. The number of morpholine rings is 1. The van der Waals surface area contributed by atoms with Crippen molar-refractivity contribution < 1.29 is 4.74 Å². The largest absolute Gasteiger partial charge is 0.398 e. The van der Waals surface area contributed by atoms with Gasteiger partial charge in [-0.15, -0.1) is 0 Å². The Hall–Kier alpha value is -3.23. The molecule has 8 heteroatoms. The van der Waals surface area contributed by atoms with Crippen molar-refractivity contribution in [1.29, 1.82) is 0 Å². The maximum absolute atomic E-state index is 6.64. The van der Waals surface area contributed by atoms with Crippen LogP contribution < -0.4 is 16.4 Å². The molecule has 2 aliphatic rings. The summed E-state index contributed by atoms with van der Waals surface area (Å²) in [5.41, 5.74) is 21.4. The second-order valence-corrected chi connectivity index (χ2v) is 9.93. The van der Waals surface area contributed by atoms with Crippen LogP contribution in [0.1, 0.15) is 41.1 Å². The average Bonchev–Trinajstić information content (AvgIpc) is 3.47. The number of H-pyrrole nitrogens is 1. The van der Waals surface area contributed by atoms with Crippen molar-refractivity contribution in [3.05, 3.63) is 53.0 Å². The number of aromatic amines is 1. The van der Waals surface area contributed by atoms with Crippen LogP contribution in [-0.4, -0.2) is 66.1 Å². The average molecular weight is 476 g/mol. The van der Waals surface area contributed by atoms with Crippen molar-refractivity contribution in [2.45, 2.75) is 32.7 Å². The lowest BCUT2D eigenvalue weighted by Gasteiger charge is -2.31. The number of piperidine rings is 1. The normalized spacial score (nSPS) is 18.4. The van der Waals surface area contributed by atoms with Crippen LogP contribution in [0.5, 0.6) is 0 Å². The molecular weight excluding hydrogens is 438 g/mol. The molecule has 0 amide bonds. The number of anilines is 2. The number of aryl methyl sites for hydroxylation is 2. The maximum atomic E-state index is 6.64. The first-order chi connectivity index (χ1) is 16.9. The van der Waals surface area contributed by atoms with Gasteiger partial charge in [-0.05, 0) is 81.7 Å². The molecule has 3 aromatic rings. The molecule has 0 aliphatic carbocycles. The van der Waals surface area contributed by atoms with Crippen LogP contribution in [0.4, 0.5) is 11.5 Å². The van der Waals surface area contributed by atoms with Crippen molar-refractivity contribution >= 4 is 23.3 Å². The highest BCUT2D eigenvalue weighted by Crippen LogP contribution is 2.33. The molecule has 5 rings (SSSR count). The summed E-state index contributed by atoms with van der Waals surface area (Å²) in [5.74, 6) is 0.605. The van der Waals surface area contributed by atoms with Gasteiger partial charge in [-0.1, -0.05) is 0 Å². The van der Waals surface area contributed by atoms with E-state index in [1.54, 1.807) is 0 Å². The Morgan fingerprint density at radius 1 is 1.11 bits per heavy atom. The third-order valence-electron chi connectivity index (χ3n) is 7.38. The zero-order chi connectivity index (χ0) is 24.5. The molecule has 8 nitrogen and oxygen atoms in total.